The van der Waals surface area contributed by atoms with Gasteiger partial charge in [0.1, 0.15) is 18.2 Å². The van der Waals surface area contributed by atoms with Crippen LogP contribution in [0.25, 0.3) is 0 Å². The minimum atomic E-state index is -0.306. The molecule has 1 aliphatic rings. The molecule has 0 aromatic carbocycles. The SMILES string of the molecule is CCN(C)c1cc(OC2CCN(CC(N)=O)C2)ncn1. The summed E-state index contributed by atoms with van der Waals surface area (Å²) in [5.41, 5.74) is 5.19. The van der Waals surface area contributed by atoms with Crippen LogP contribution in [0.15, 0.2) is 12.4 Å². The third-order valence-electron chi connectivity index (χ3n) is 3.39. The van der Waals surface area contributed by atoms with Gasteiger partial charge in [0.25, 0.3) is 0 Å². The molecule has 0 spiro atoms. The van der Waals surface area contributed by atoms with E-state index in [9.17, 15) is 4.79 Å². The predicted octanol–water partition coefficient (Wildman–Crippen LogP) is -0.129. The van der Waals surface area contributed by atoms with E-state index in [1.165, 1.54) is 6.33 Å². The van der Waals surface area contributed by atoms with Crippen LogP contribution in [0.4, 0.5) is 5.82 Å². The molecule has 0 saturated carbocycles. The molecule has 1 aliphatic heterocycles. The van der Waals surface area contributed by atoms with Gasteiger partial charge in [-0.05, 0) is 13.3 Å². The number of likely N-dealkylation sites (tertiary alicyclic amines) is 1. The highest BCUT2D eigenvalue weighted by Gasteiger charge is 2.25. The summed E-state index contributed by atoms with van der Waals surface area (Å²) in [5, 5.41) is 0. The molecular formula is C13H21N5O2. The lowest BCUT2D eigenvalue weighted by Gasteiger charge is -2.17. The van der Waals surface area contributed by atoms with E-state index in [0.29, 0.717) is 12.4 Å². The summed E-state index contributed by atoms with van der Waals surface area (Å²) in [5.74, 6) is 1.10. The first kappa shape index (κ1) is 14.5. The van der Waals surface area contributed by atoms with Crippen molar-refractivity contribution in [1.82, 2.24) is 14.9 Å². The number of amides is 1. The number of anilines is 1. The normalized spacial score (nSPS) is 19.0. The lowest BCUT2D eigenvalue weighted by molar-refractivity contribution is -0.118. The third-order valence-corrected chi connectivity index (χ3v) is 3.39. The van der Waals surface area contributed by atoms with Crippen molar-refractivity contribution in [2.45, 2.75) is 19.4 Å². The van der Waals surface area contributed by atoms with Gasteiger partial charge in [-0.25, -0.2) is 9.97 Å². The zero-order valence-electron chi connectivity index (χ0n) is 12.0. The Morgan fingerprint density at radius 2 is 2.40 bits per heavy atom. The molecule has 1 fully saturated rings. The second-order valence-corrected chi connectivity index (χ2v) is 4.96. The van der Waals surface area contributed by atoms with Crippen molar-refractivity contribution < 1.29 is 9.53 Å². The highest BCUT2D eigenvalue weighted by molar-refractivity contribution is 5.75. The summed E-state index contributed by atoms with van der Waals surface area (Å²) in [4.78, 5) is 23.2. The molecule has 2 heterocycles. The highest BCUT2D eigenvalue weighted by atomic mass is 16.5. The number of carbonyl (C=O) groups is 1. The molecule has 0 aliphatic carbocycles. The van der Waals surface area contributed by atoms with Crippen molar-refractivity contribution in [2.24, 2.45) is 5.73 Å². The molecule has 1 amide bonds. The van der Waals surface area contributed by atoms with Crippen molar-refractivity contribution in [3.63, 3.8) is 0 Å². The fourth-order valence-electron chi connectivity index (χ4n) is 2.19. The Hall–Kier alpha value is -1.89. The Bertz CT molecular complexity index is 468. The molecule has 2 N–H and O–H groups in total. The van der Waals surface area contributed by atoms with Gasteiger partial charge in [-0.3, -0.25) is 9.69 Å². The van der Waals surface area contributed by atoms with E-state index in [2.05, 4.69) is 16.9 Å². The Morgan fingerprint density at radius 1 is 1.60 bits per heavy atom. The molecule has 0 radical (unpaired) electrons. The van der Waals surface area contributed by atoms with E-state index in [0.717, 1.165) is 25.3 Å². The lowest BCUT2D eigenvalue weighted by atomic mass is 10.3. The number of hydrogen-bond donors (Lipinski definition) is 1. The van der Waals surface area contributed by atoms with Crippen molar-refractivity contribution in [3.05, 3.63) is 12.4 Å². The van der Waals surface area contributed by atoms with Crippen LogP contribution in [-0.2, 0) is 4.79 Å². The monoisotopic (exact) mass is 279 g/mol. The van der Waals surface area contributed by atoms with Crippen LogP contribution in [0.1, 0.15) is 13.3 Å². The summed E-state index contributed by atoms with van der Waals surface area (Å²) in [6, 6.07) is 1.83. The molecule has 1 atom stereocenters. The topological polar surface area (TPSA) is 84.6 Å². The minimum Gasteiger partial charge on any atom is -0.473 e. The standard InChI is InChI=1S/C13H21N5O2/c1-3-17(2)12-6-13(16-9-15-12)20-10-4-5-18(7-10)8-11(14)19/h6,9-10H,3-5,7-8H2,1-2H3,(H2,14,19). The first-order valence-electron chi connectivity index (χ1n) is 6.79. The van der Waals surface area contributed by atoms with Crippen LogP contribution < -0.4 is 15.4 Å². The number of ether oxygens (including phenoxy) is 1. The van der Waals surface area contributed by atoms with Crippen molar-refractivity contribution >= 4 is 11.7 Å². The van der Waals surface area contributed by atoms with Crippen LogP contribution in [0.5, 0.6) is 5.88 Å². The second-order valence-electron chi connectivity index (χ2n) is 4.96. The smallest absolute Gasteiger partial charge is 0.231 e. The maximum atomic E-state index is 10.9. The Morgan fingerprint density at radius 3 is 3.10 bits per heavy atom. The van der Waals surface area contributed by atoms with Crippen LogP contribution in [0, 0.1) is 0 Å². The second kappa shape index (κ2) is 6.51. The van der Waals surface area contributed by atoms with E-state index in [1.54, 1.807) is 0 Å². The number of carbonyl (C=O) groups excluding carboxylic acids is 1. The van der Waals surface area contributed by atoms with E-state index in [4.69, 9.17) is 10.5 Å². The molecule has 20 heavy (non-hydrogen) atoms. The molecule has 1 unspecified atom stereocenters. The van der Waals surface area contributed by atoms with Crippen molar-refractivity contribution in [1.29, 1.82) is 0 Å². The first-order valence-corrected chi connectivity index (χ1v) is 6.79. The van der Waals surface area contributed by atoms with Gasteiger partial charge >= 0.3 is 0 Å². The van der Waals surface area contributed by atoms with E-state index >= 15 is 0 Å². The molecule has 0 bridgehead atoms. The van der Waals surface area contributed by atoms with Gasteiger partial charge in [0.05, 0.1) is 6.54 Å². The van der Waals surface area contributed by atoms with Crippen LogP contribution in [-0.4, -0.2) is 60.1 Å². The Labute approximate surface area is 118 Å². The summed E-state index contributed by atoms with van der Waals surface area (Å²) in [6.45, 7) is 4.73. The quantitative estimate of drug-likeness (QED) is 0.781. The molecule has 110 valence electrons. The number of primary amides is 1. The summed E-state index contributed by atoms with van der Waals surface area (Å²) < 4.78 is 5.85. The molecule has 1 aromatic heterocycles. The summed E-state index contributed by atoms with van der Waals surface area (Å²) in [6.07, 6.45) is 2.42. The average molecular weight is 279 g/mol. The fraction of sp³-hybridized carbons (Fsp3) is 0.615. The van der Waals surface area contributed by atoms with Gasteiger partial charge in [-0.1, -0.05) is 0 Å². The maximum Gasteiger partial charge on any atom is 0.231 e. The van der Waals surface area contributed by atoms with Gasteiger partial charge in [-0.15, -0.1) is 0 Å². The van der Waals surface area contributed by atoms with Crippen LogP contribution in [0.2, 0.25) is 0 Å². The number of aromatic nitrogens is 2. The van der Waals surface area contributed by atoms with Gasteiger partial charge in [0.15, 0.2) is 0 Å². The largest absolute Gasteiger partial charge is 0.473 e. The average Bonchev–Trinajstić information content (AvgIpc) is 2.84. The maximum absolute atomic E-state index is 10.9. The summed E-state index contributed by atoms with van der Waals surface area (Å²) >= 11 is 0. The van der Waals surface area contributed by atoms with Crippen LogP contribution in [0.3, 0.4) is 0 Å². The third kappa shape index (κ3) is 3.80. The molecule has 7 heteroatoms. The van der Waals surface area contributed by atoms with Gasteiger partial charge in [0, 0.05) is 32.7 Å². The fourth-order valence-corrected chi connectivity index (χ4v) is 2.19. The highest BCUT2D eigenvalue weighted by Crippen LogP contribution is 2.19. The molecular weight excluding hydrogens is 258 g/mol. The van der Waals surface area contributed by atoms with Crippen molar-refractivity contribution in [2.75, 3.05) is 38.1 Å². The summed E-state index contributed by atoms with van der Waals surface area (Å²) in [7, 11) is 1.97. The molecule has 1 saturated heterocycles. The van der Waals surface area contributed by atoms with E-state index < -0.39 is 0 Å². The molecule has 1 aromatic rings. The first-order chi connectivity index (χ1) is 9.58. The number of hydrogen-bond acceptors (Lipinski definition) is 6. The Kier molecular flexibility index (Phi) is 4.73. The van der Waals surface area contributed by atoms with Crippen molar-refractivity contribution in [3.8, 4) is 5.88 Å². The number of nitrogens with zero attached hydrogens (tertiary/aromatic N) is 4. The van der Waals surface area contributed by atoms with Gasteiger partial charge in [-0.2, -0.15) is 0 Å². The van der Waals surface area contributed by atoms with Crippen LogP contribution >= 0.6 is 0 Å². The van der Waals surface area contributed by atoms with E-state index in [-0.39, 0.29) is 18.6 Å². The van der Waals surface area contributed by atoms with Gasteiger partial charge in [0.2, 0.25) is 11.8 Å². The number of rotatable bonds is 6. The molecule has 2 rings (SSSR count). The van der Waals surface area contributed by atoms with Gasteiger partial charge < -0.3 is 15.4 Å². The minimum absolute atomic E-state index is 0.0454. The van der Waals surface area contributed by atoms with E-state index in [1.807, 2.05) is 22.9 Å². The lowest BCUT2D eigenvalue weighted by Crippen LogP contribution is -2.33. The predicted molar refractivity (Wildman–Crippen MR) is 75.6 cm³/mol. The number of nitrogens with two attached hydrogens (primary N) is 1. The Balaban J connectivity index is 1.92. The zero-order valence-corrected chi connectivity index (χ0v) is 12.0. The zero-order chi connectivity index (χ0) is 14.5. The molecule has 7 nitrogen and oxygen atoms in total.